The van der Waals surface area contributed by atoms with E-state index in [-0.39, 0.29) is 13.2 Å². The lowest BCUT2D eigenvalue weighted by Gasteiger charge is -2.05. The zero-order valence-electron chi connectivity index (χ0n) is 7.80. The van der Waals surface area contributed by atoms with Crippen LogP contribution in [0, 0.1) is 5.82 Å². The highest BCUT2D eigenvalue weighted by atomic mass is 35.5. The predicted octanol–water partition coefficient (Wildman–Crippen LogP) is 0.986. The first kappa shape index (κ1) is 11.9. The highest BCUT2D eigenvalue weighted by molar-refractivity contribution is 6.31. The van der Waals surface area contributed by atoms with Gasteiger partial charge in [0.2, 0.25) is 5.91 Å². The average molecular weight is 233 g/mol. The summed E-state index contributed by atoms with van der Waals surface area (Å²) in [6.45, 7) is 0.0468. The maximum Gasteiger partial charge on any atom is 0.245 e. The van der Waals surface area contributed by atoms with Crippen molar-refractivity contribution in [2.75, 3.05) is 6.61 Å². The summed E-state index contributed by atoms with van der Waals surface area (Å²) in [5.41, 5.74) is 8.00. The van der Waals surface area contributed by atoms with E-state index in [1.165, 1.54) is 18.2 Å². The van der Waals surface area contributed by atoms with Crippen LogP contribution in [0.4, 0.5) is 4.39 Å². The lowest BCUT2D eigenvalue weighted by Crippen LogP contribution is -2.24. The summed E-state index contributed by atoms with van der Waals surface area (Å²) in [4.78, 5) is 15.0. The first-order valence-electron chi connectivity index (χ1n) is 4.16. The number of primary amides is 1. The van der Waals surface area contributed by atoms with Gasteiger partial charge in [0.05, 0.1) is 0 Å². The summed E-state index contributed by atoms with van der Waals surface area (Å²) >= 11 is 5.74. The number of hydrogen-bond donors (Lipinski definition) is 2. The van der Waals surface area contributed by atoms with Crippen LogP contribution in [0.2, 0.25) is 5.02 Å². The summed E-state index contributed by atoms with van der Waals surface area (Å²) in [7, 11) is 0. The Morgan fingerprint density at radius 1 is 1.60 bits per heavy atom. The molecule has 1 rings (SSSR count). The van der Waals surface area contributed by atoms with Gasteiger partial charge in [-0.15, -0.1) is 0 Å². The number of benzene rings is 1. The second-order valence-corrected chi connectivity index (χ2v) is 3.22. The van der Waals surface area contributed by atoms with Gasteiger partial charge in [0.1, 0.15) is 12.4 Å². The van der Waals surface area contributed by atoms with Crippen molar-refractivity contribution in [2.45, 2.75) is 6.54 Å². The molecule has 0 atom stereocenters. The normalized spacial score (nSPS) is 10.3. The van der Waals surface area contributed by atoms with Crippen LogP contribution in [0.1, 0.15) is 5.56 Å². The van der Waals surface area contributed by atoms with Crippen LogP contribution in [-0.2, 0) is 16.2 Å². The molecule has 0 spiro atoms. The molecule has 0 aromatic heterocycles. The van der Waals surface area contributed by atoms with Gasteiger partial charge in [-0.2, -0.15) is 5.48 Å². The molecule has 82 valence electrons. The Labute approximate surface area is 91.1 Å². The van der Waals surface area contributed by atoms with Crippen molar-refractivity contribution in [1.82, 2.24) is 5.48 Å². The van der Waals surface area contributed by atoms with Gasteiger partial charge in [0.15, 0.2) is 0 Å². The highest BCUT2D eigenvalue weighted by Gasteiger charge is 2.01. The van der Waals surface area contributed by atoms with E-state index in [0.29, 0.717) is 10.6 Å². The third-order valence-electron chi connectivity index (χ3n) is 1.59. The van der Waals surface area contributed by atoms with Crippen molar-refractivity contribution in [2.24, 2.45) is 5.73 Å². The molecule has 0 aliphatic rings. The van der Waals surface area contributed by atoms with Crippen molar-refractivity contribution in [1.29, 1.82) is 0 Å². The van der Waals surface area contributed by atoms with Crippen LogP contribution in [0.15, 0.2) is 18.2 Å². The second kappa shape index (κ2) is 5.65. The molecule has 0 fully saturated rings. The van der Waals surface area contributed by atoms with E-state index in [1.54, 1.807) is 0 Å². The van der Waals surface area contributed by atoms with Crippen LogP contribution >= 0.6 is 11.6 Å². The number of carbonyl (C=O) groups is 1. The van der Waals surface area contributed by atoms with Crippen LogP contribution < -0.4 is 11.2 Å². The largest absolute Gasteiger partial charge is 0.368 e. The van der Waals surface area contributed by atoms with E-state index in [2.05, 4.69) is 5.48 Å². The fourth-order valence-electron chi connectivity index (χ4n) is 0.916. The van der Waals surface area contributed by atoms with Crippen LogP contribution in [0.25, 0.3) is 0 Å². The van der Waals surface area contributed by atoms with Gasteiger partial charge in [-0.25, -0.2) is 4.39 Å². The Bertz CT molecular complexity index is 360. The Morgan fingerprint density at radius 2 is 2.33 bits per heavy atom. The first-order chi connectivity index (χ1) is 7.09. The van der Waals surface area contributed by atoms with Crippen LogP contribution in [0.3, 0.4) is 0 Å². The van der Waals surface area contributed by atoms with Crippen molar-refractivity contribution < 1.29 is 14.0 Å². The molecule has 0 unspecified atom stereocenters. The number of amides is 1. The molecule has 1 amide bonds. The van der Waals surface area contributed by atoms with Crippen molar-refractivity contribution in [3.05, 3.63) is 34.6 Å². The molecule has 0 heterocycles. The molecule has 1 aromatic rings. The maximum absolute atomic E-state index is 12.6. The topological polar surface area (TPSA) is 64.4 Å². The predicted molar refractivity (Wildman–Crippen MR) is 53.4 cm³/mol. The lowest BCUT2D eigenvalue weighted by atomic mass is 10.2. The number of rotatable bonds is 5. The zero-order chi connectivity index (χ0) is 11.3. The van der Waals surface area contributed by atoms with E-state index in [1.807, 2.05) is 0 Å². The fourth-order valence-corrected chi connectivity index (χ4v) is 1.15. The molecule has 0 saturated carbocycles. The minimum atomic E-state index is -0.576. The quantitative estimate of drug-likeness (QED) is 0.588. The lowest BCUT2D eigenvalue weighted by molar-refractivity contribution is -0.125. The second-order valence-electron chi connectivity index (χ2n) is 2.81. The fraction of sp³-hybridized carbons (Fsp3) is 0.222. The molecule has 1 aromatic carbocycles. The molecule has 4 nitrogen and oxygen atoms in total. The summed E-state index contributed by atoms with van der Waals surface area (Å²) in [5, 5.41) is 0.296. The molecule has 0 aliphatic carbocycles. The molecule has 3 N–H and O–H groups in total. The summed E-state index contributed by atoms with van der Waals surface area (Å²) < 4.78 is 12.6. The van der Waals surface area contributed by atoms with E-state index in [0.717, 1.165) is 0 Å². The van der Waals surface area contributed by atoms with Gasteiger partial charge in [-0.05, 0) is 17.7 Å². The molecule has 0 radical (unpaired) electrons. The van der Waals surface area contributed by atoms with Crippen molar-refractivity contribution >= 4 is 17.5 Å². The van der Waals surface area contributed by atoms with E-state index >= 15 is 0 Å². The summed E-state index contributed by atoms with van der Waals surface area (Å²) in [6.07, 6.45) is 0. The summed E-state index contributed by atoms with van der Waals surface area (Å²) in [6, 6.07) is 4.02. The molecule has 6 heteroatoms. The van der Waals surface area contributed by atoms with Gasteiger partial charge < -0.3 is 5.73 Å². The summed E-state index contributed by atoms with van der Waals surface area (Å²) in [5.74, 6) is -0.977. The number of nitrogens with one attached hydrogen (secondary N) is 1. The molecule has 0 saturated heterocycles. The van der Waals surface area contributed by atoms with Crippen LogP contribution in [0.5, 0.6) is 0 Å². The number of hydrogen-bond acceptors (Lipinski definition) is 3. The van der Waals surface area contributed by atoms with Crippen molar-refractivity contribution in [3.8, 4) is 0 Å². The number of hydroxylamine groups is 1. The number of nitrogens with two attached hydrogens (primary N) is 1. The minimum absolute atomic E-state index is 0.223. The van der Waals surface area contributed by atoms with Crippen molar-refractivity contribution in [3.63, 3.8) is 0 Å². The Morgan fingerprint density at radius 3 is 2.93 bits per heavy atom. The Kier molecular flexibility index (Phi) is 4.48. The number of carbonyl (C=O) groups excluding carboxylic acids is 1. The van der Waals surface area contributed by atoms with Crippen LogP contribution in [-0.4, -0.2) is 12.5 Å². The standard InChI is InChI=1S/C9H10ClFN2O2/c10-8-3-7(11)2-1-6(8)4-13-15-5-9(12)14/h1-3,13H,4-5H2,(H2,12,14). The number of halogens is 2. The van der Waals surface area contributed by atoms with Gasteiger partial charge >= 0.3 is 0 Å². The SMILES string of the molecule is NC(=O)CONCc1ccc(F)cc1Cl. The van der Waals surface area contributed by atoms with Gasteiger partial charge in [-0.3, -0.25) is 9.63 Å². The average Bonchev–Trinajstić information content (AvgIpc) is 2.14. The maximum atomic E-state index is 12.6. The van der Waals surface area contributed by atoms with E-state index in [9.17, 15) is 9.18 Å². The van der Waals surface area contributed by atoms with E-state index in [4.69, 9.17) is 22.2 Å². The van der Waals surface area contributed by atoms with Gasteiger partial charge in [0.25, 0.3) is 0 Å². The molecule has 0 aliphatic heterocycles. The van der Waals surface area contributed by atoms with E-state index < -0.39 is 11.7 Å². The van der Waals surface area contributed by atoms with Gasteiger partial charge in [-0.1, -0.05) is 17.7 Å². The third kappa shape index (κ3) is 4.24. The monoisotopic (exact) mass is 232 g/mol. The molecular weight excluding hydrogens is 223 g/mol. The molecular formula is C9H10ClFN2O2. The smallest absolute Gasteiger partial charge is 0.245 e. The Balaban J connectivity index is 2.40. The third-order valence-corrected chi connectivity index (χ3v) is 1.95. The molecule has 0 bridgehead atoms. The first-order valence-corrected chi connectivity index (χ1v) is 4.54. The Hall–Kier alpha value is -1.17. The minimum Gasteiger partial charge on any atom is -0.368 e. The highest BCUT2D eigenvalue weighted by Crippen LogP contribution is 2.16. The molecule has 15 heavy (non-hydrogen) atoms. The van der Waals surface area contributed by atoms with Gasteiger partial charge in [0, 0.05) is 11.6 Å². The zero-order valence-corrected chi connectivity index (χ0v) is 8.55.